The third-order valence-corrected chi connectivity index (χ3v) is 2.36. The van der Waals surface area contributed by atoms with Gasteiger partial charge in [-0.15, -0.1) is 0 Å². The van der Waals surface area contributed by atoms with Crippen molar-refractivity contribution in [3.05, 3.63) is 60.2 Å². The molecule has 0 aliphatic heterocycles. The molecule has 0 aliphatic rings. The number of hydroxylamine groups is 1. The fraction of sp³-hybridized carbons (Fsp3) is 0. The van der Waals surface area contributed by atoms with E-state index < -0.39 is 5.91 Å². The minimum absolute atomic E-state index is 0.455. The molecular weight excluding hydrogens is 202 g/mol. The van der Waals surface area contributed by atoms with Crippen molar-refractivity contribution in [2.24, 2.45) is 0 Å². The van der Waals surface area contributed by atoms with Gasteiger partial charge in [-0.1, -0.05) is 48.5 Å². The molecule has 2 aromatic carbocycles. The summed E-state index contributed by atoms with van der Waals surface area (Å²) in [5, 5.41) is 8.66. The van der Waals surface area contributed by atoms with Crippen LogP contribution in [0.5, 0.6) is 0 Å². The van der Waals surface area contributed by atoms with Gasteiger partial charge in [0.25, 0.3) is 5.91 Å². The molecule has 3 nitrogen and oxygen atoms in total. The molecule has 3 heteroatoms. The van der Waals surface area contributed by atoms with E-state index in [1.165, 1.54) is 0 Å². The third-order valence-electron chi connectivity index (χ3n) is 2.36. The molecule has 0 heterocycles. The summed E-state index contributed by atoms with van der Waals surface area (Å²) >= 11 is 0. The average Bonchev–Trinajstić information content (AvgIpc) is 2.39. The Morgan fingerprint density at radius 2 is 1.56 bits per heavy atom. The van der Waals surface area contributed by atoms with Crippen molar-refractivity contribution in [2.45, 2.75) is 0 Å². The predicted octanol–water partition coefficient (Wildman–Crippen LogP) is 2.47. The molecule has 0 saturated carbocycles. The first-order valence-electron chi connectivity index (χ1n) is 4.92. The van der Waals surface area contributed by atoms with Crippen molar-refractivity contribution in [1.82, 2.24) is 5.48 Å². The molecule has 0 saturated heterocycles. The SMILES string of the molecule is O=C(NO)c1ccccc1-c1ccccc1. The first kappa shape index (κ1) is 10.4. The molecule has 2 rings (SSSR count). The van der Waals surface area contributed by atoms with Crippen molar-refractivity contribution in [3.63, 3.8) is 0 Å². The van der Waals surface area contributed by atoms with Crippen LogP contribution in [0.1, 0.15) is 10.4 Å². The Bertz CT molecular complexity index is 494. The zero-order chi connectivity index (χ0) is 11.4. The van der Waals surface area contributed by atoms with E-state index in [-0.39, 0.29) is 0 Å². The maximum absolute atomic E-state index is 11.4. The Morgan fingerprint density at radius 3 is 2.25 bits per heavy atom. The molecule has 1 amide bonds. The second-order valence-electron chi connectivity index (χ2n) is 3.35. The summed E-state index contributed by atoms with van der Waals surface area (Å²) in [6.45, 7) is 0. The lowest BCUT2D eigenvalue weighted by Gasteiger charge is -2.07. The smallest absolute Gasteiger partial charge is 0.275 e. The third kappa shape index (κ3) is 1.94. The van der Waals surface area contributed by atoms with E-state index in [9.17, 15) is 4.79 Å². The van der Waals surface area contributed by atoms with Crippen molar-refractivity contribution in [3.8, 4) is 11.1 Å². The molecule has 0 aliphatic carbocycles. The van der Waals surface area contributed by atoms with Crippen LogP contribution in [0.4, 0.5) is 0 Å². The number of amides is 1. The fourth-order valence-electron chi connectivity index (χ4n) is 1.61. The van der Waals surface area contributed by atoms with Gasteiger partial charge < -0.3 is 0 Å². The molecule has 0 spiro atoms. The summed E-state index contributed by atoms with van der Waals surface area (Å²) in [5.41, 5.74) is 3.85. The highest BCUT2D eigenvalue weighted by Gasteiger charge is 2.10. The lowest BCUT2D eigenvalue weighted by molar-refractivity contribution is 0.0707. The van der Waals surface area contributed by atoms with Gasteiger partial charge in [-0.2, -0.15) is 0 Å². The maximum Gasteiger partial charge on any atom is 0.275 e. The first-order chi connectivity index (χ1) is 7.83. The molecule has 0 atom stereocenters. The first-order valence-corrected chi connectivity index (χ1v) is 4.92. The van der Waals surface area contributed by atoms with E-state index in [4.69, 9.17) is 5.21 Å². The molecule has 2 aromatic rings. The number of hydrogen-bond donors (Lipinski definition) is 2. The second kappa shape index (κ2) is 4.59. The van der Waals surface area contributed by atoms with Crippen LogP contribution in [0.25, 0.3) is 11.1 Å². The van der Waals surface area contributed by atoms with Crippen LogP contribution in [0.2, 0.25) is 0 Å². The Labute approximate surface area is 93.3 Å². The van der Waals surface area contributed by atoms with Gasteiger partial charge in [-0.05, 0) is 17.2 Å². The highest BCUT2D eigenvalue weighted by molar-refractivity contribution is 6.00. The van der Waals surface area contributed by atoms with E-state index in [2.05, 4.69) is 0 Å². The standard InChI is InChI=1S/C13H11NO2/c15-13(14-16)12-9-5-4-8-11(12)10-6-2-1-3-7-10/h1-9,16H,(H,14,15). The Balaban J connectivity index is 2.53. The number of benzene rings is 2. The van der Waals surface area contributed by atoms with Gasteiger partial charge in [-0.25, -0.2) is 5.48 Å². The molecule has 0 aromatic heterocycles. The Morgan fingerprint density at radius 1 is 0.938 bits per heavy atom. The number of nitrogens with one attached hydrogen (secondary N) is 1. The second-order valence-corrected chi connectivity index (χ2v) is 3.35. The summed E-state index contributed by atoms with van der Waals surface area (Å²) in [6.07, 6.45) is 0. The Kier molecular flexibility index (Phi) is 2.98. The van der Waals surface area contributed by atoms with Crippen molar-refractivity contribution in [1.29, 1.82) is 0 Å². The van der Waals surface area contributed by atoms with Gasteiger partial charge in [-0.3, -0.25) is 10.0 Å². The Hall–Kier alpha value is -2.13. The van der Waals surface area contributed by atoms with Gasteiger partial charge in [0.2, 0.25) is 0 Å². The van der Waals surface area contributed by atoms with E-state index >= 15 is 0 Å². The zero-order valence-corrected chi connectivity index (χ0v) is 8.55. The van der Waals surface area contributed by atoms with Gasteiger partial charge in [0.15, 0.2) is 0 Å². The van der Waals surface area contributed by atoms with Gasteiger partial charge in [0, 0.05) is 5.56 Å². The van der Waals surface area contributed by atoms with Crippen LogP contribution in [-0.2, 0) is 0 Å². The largest absolute Gasteiger partial charge is 0.288 e. The van der Waals surface area contributed by atoms with Crippen molar-refractivity contribution in [2.75, 3.05) is 0 Å². The normalized spacial score (nSPS) is 9.81. The van der Waals surface area contributed by atoms with Crippen LogP contribution < -0.4 is 5.48 Å². The monoisotopic (exact) mass is 213 g/mol. The molecule has 80 valence electrons. The fourth-order valence-corrected chi connectivity index (χ4v) is 1.61. The molecule has 2 N–H and O–H groups in total. The van der Waals surface area contributed by atoms with Gasteiger partial charge >= 0.3 is 0 Å². The summed E-state index contributed by atoms with van der Waals surface area (Å²) in [5.74, 6) is -0.501. The minimum Gasteiger partial charge on any atom is -0.288 e. The number of hydrogen-bond acceptors (Lipinski definition) is 2. The average molecular weight is 213 g/mol. The molecule has 0 fully saturated rings. The van der Waals surface area contributed by atoms with Crippen LogP contribution in [0.3, 0.4) is 0 Å². The topological polar surface area (TPSA) is 49.3 Å². The quantitative estimate of drug-likeness (QED) is 0.594. The lowest BCUT2D eigenvalue weighted by atomic mass is 9.99. The number of carbonyl (C=O) groups is 1. The van der Waals surface area contributed by atoms with E-state index in [1.807, 2.05) is 42.5 Å². The van der Waals surface area contributed by atoms with E-state index in [0.29, 0.717) is 5.56 Å². The van der Waals surface area contributed by atoms with Crippen molar-refractivity contribution >= 4 is 5.91 Å². The molecule has 0 radical (unpaired) electrons. The van der Waals surface area contributed by atoms with Crippen molar-refractivity contribution < 1.29 is 10.0 Å². The van der Waals surface area contributed by atoms with Crippen LogP contribution in [0, 0.1) is 0 Å². The minimum atomic E-state index is -0.501. The van der Waals surface area contributed by atoms with Gasteiger partial charge in [0.1, 0.15) is 0 Å². The lowest BCUT2D eigenvalue weighted by Crippen LogP contribution is -2.19. The van der Waals surface area contributed by atoms with E-state index in [0.717, 1.165) is 11.1 Å². The maximum atomic E-state index is 11.4. The molecule has 0 unspecified atom stereocenters. The van der Waals surface area contributed by atoms with Crippen LogP contribution in [0.15, 0.2) is 54.6 Å². The van der Waals surface area contributed by atoms with Crippen LogP contribution >= 0.6 is 0 Å². The summed E-state index contributed by atoms with van der Waals surface area (Å²) in [7, 11) is 0. The summed E-state index contributed by atoms with van der Waals surface area (Å²) < 4.78 is 0. The van der Waals surface area contributed by atoms with E-state index in [1.54, 1.807) is 17.6 Å². The highest BCUT2D eigenvalue weighted by atomic mass is 16.5. The van der Waals surface area contributed by atoms with Gasteiger partial charge in [0.05, 0.1) is 0 Å². The zero-order valence-electron chi connectivity index (χ0n) is 8.55. The number of carbonyl (C=O) groups excluding carboxylic acids is 1. The molecular formula is C13H11NO2. The molecule has 16 heavy (non-hydrogen) atoms. The highest BCUT2D eigenvalue weighted by Crippen LogP contribution is 2.22. The summed E-state index contributed by atoms with van der Waals surface area (Å²) in [6, 6.07) is 16.7. The predicted molar refractivity (Wildman–Crippen MR) is 61.1 cm³/mol. The van der Waals surface area contributed by atoms with Crippen LogP contribution in [-0.4, -0.2) is 11.1 Å². The summed E-state index contributed by atoms with van der Waals surface area (Å²) in [4.78, 5) is 11.4. The number of rotatable bonds is 2. The molecule has 0 bridgehead atoms.